The quantitative estimate of drug-likeness (QED) is 0.344. The molecule has 0 bridgehead atoms. The number of nitro groups is 1. The summed E-state index contributed by atoms with van der Waals surface area (Å²) in [6.07, 6.45) is -0.508. The fourth-order valence-corrected chi connectivity index (χ4v) is 2.30. The summed E-state index contributed by atoms with van der Waals surface area (Å²) in [7, 11) is -2.75. The molecule has 0 fully saturated rings. The van der Waals surface area contributed by atoms with E-state index in [1.807, 2.05) is 0 Å². The van der Waals surface area contributed by atoms with Crippen LogP contribution in [0.25, 0.3) is 0 Å². The molecular formula is C11H15ClNO5P. The molecule has 8 heteroatoms. The van der Waals surface area contributed by atoms with Crippen LogP contribution in [0.2, 0.25) is 5.02 Å². The molecule has 0 spiro atoms. The highest BCUT2D eigenvalue weighted by atomic mass is 35.5. The number of rotatable bonds is 6. The Morgan fingerprint density at radius 2 is 2.16 bits per heavy atom. The Hall–Kier alpha value is -1.10. The monoisotopic (exact) mass is 307 g/mol. The van der Waals surface area contributed by atoms with Crippen LogP contribution in [0.15, 0.2) is 18.2 Å². The van der Waals surface area contributed by atoms with Crippen molar-refractivity contribution in [1.82, 2.24) is 0 Å². The average Bonchev–Trinajstić information content (AvgIpc) is 2.27. The van der Waals surface area contributed by atoms with E-state index in [0.717, 1.165) is 0 Å². The van der Waals surface area contributed by atoms with Gasteiger partial charge in [-0.2, -0.15) is 0 Å². The van der Waals surface area contributed by atoms with Crippen LogP contribution in [0.1, 0.15) is 13.8 Å². The van der Waals surface area contributed by atoms with Crippen molar-refractivity contribution in [3.8, 4) is 5.75 Å². The molecule has 0 aliphatic rings. The Kier molecular flexibility index (Phi) is 5.35. The second-order valence-corrected chi connectivity index (χ2v) is 7.30. The van der Waals surface area contributed by atoms with Crippen LogP contribution in [0.5, 0.6) is 5.75 Å². The molecule has 0 radical (unpaired) electrons. The van der Waals surface area contributed by atoms with Gasteiger partial charge in [0.05, 0.1) is 4.92 Å². The predicted molar refractivity (Wildman–Crippen MR) is 73.4 cm³/mol. The van der Waals surface area contributed by atoms with Crippen molar-refractivity contribution < 1.29 is 18.7 Å². The molecule has 0 saturated heterocycles. The highest BCUT2D eigenvalue weighted by Gasteiger charge is 2.22. The Bertz CT molecular complexity index is 522. The van der Waals surface area contributed by atoms with Gasteiger partial charge in [0.25, 0.3) is 0 Å². The summed E-state index contributed by atoms with van der Waals surface area (Å²) in [6.45, 7) is 4.74. The number of ether oxygens (including phenoxy) is 1. The molecule has 0 aliphatic heterocycles. The topological polar surface area (TPSA) is 78.7 Å². The van der Waals surface area contributed by atoms with Gasteiger partial charge in [-0.1, -0.05) is 18.5 Å². The summed E-state index contributed by atoms with van der Waals surface area (Å²) in [5.74, 6) is -0.0129. The van der Waals surface area contributed by atoms with E-state index in [4.69, 9.17) is 20.9 Å². The van der Waals surface area contributed by atoms with Crippen molar-refractivity contribution in [2.45, 2.75) is 20.1 Å². The van der Waals surface area contributed by atoms with Crippen LogP contribution in [0, 0.1) is 10.1 Å². The van der Waals surface area contributed by atoms with Gasteiger partial charge in [0.15, 0.2) is 0 Å². The number of hydrogen-bond acceptors (Lipinski definition) is 5. The highest BCUT2D eigenvalue weighted by molar-refractivity contribution is 7.58. The lowest BCUT2D eigenvalue weighted by molar-refractivity contribution is -0.386. The lowest BCUT2D eigenvalue weighted by Gasteiger charge is -2.19. The van der Waals surface area contributed by atoms with Gasteiger partial charge >= 0.3 is 5.69 Å². The number of hydrogen-bond donors (Lipinski definition) is 0. The van der Waals surface area contributed by atoms with Gasteiger partial charge in [-0.05, 0) is 13.0 Å². The maximum atomic E-state index is 11.8. The predicted octanol–water partition coefficient (Wildman–Crippen LogP) is 3.92. The summed E-state index contributed by atoms with van der Waals surface area (Å²) in [6, 6.07) is 3.97. The molecule has 6 nitrogen and oxygen atoms in total. The molecule has 0 heterocycles. The first-order valence-electron chi connectivity index (χ1n) is 5.60. The van der Waals surface area contributed by atoms with Gasteiger partial charge < -0.3 is 4.74 Å². The van der Waals surface area contributed by atoms with Crippen molar-refractivity contribution in [3.05, 3.63) is 33.3 Å². The minimum Gasteiger partial charge on any atom is -0.458 e. The molecule has 2 unspecified atom stereocenters. The number of halogens is 1. The van der Waals surface area contributed by atoms with Crippen LogP contribution >= 0.6 is 19.0 Å². The van der Waals surface area contributed by atoms with E-state index in [9.17, 15) is 14.7 Å². The average molecular weight is 308 g/mol. The minimum absolute atomic E-state index is 0.0129. The van der Waals surface area contributed by atoms with E-state index in [2.05, 4.69) is 0 Å². The van der Waals surface area contributed by atoms with Gasteiger partial charge in [0.1, 0.15) is 0 Å². The maximum Gasteiger partial charge on any atom is 0.311 e. The summed E-state index contributed by atoms with van der Waals surface area (Å²) < 4.78 is 22.3. The number of benzene rings is 1. The van der Waals surface area contributed by atoms with Gasteiger partial charge in [0, 0.05) is 30.0 Å². The molecular weight excluding hydrogens is 293 g/mol. The first-order valence-corrected chi connectivity index (χ1v) is 8.24. The number of nitrogens with zero attached hydrogens (tertiary/aromatic N) is 1. The SMILES string of the molecule is CCP(C)(=O)OC(C)Oc1cc(Cl)ccc1[N+](=O)[O-]. The Morgan fingerprint density at radius 1 is 1.53 bits per heavy atom. The van der Waals surface area contributed by atoms with Crippen LogP contribution in [-0.2, 0) is 9.09 Å². The Balaban J connectivity index is 2.90. The van der Waals surface area contributed by atoms with Crippen molar-refractivity contribution in [2.24, 2.45) is 0 Å². The van der Waals surface area contributed by atoms with Crippen molar-refractivity contribution in [2.75, 3.05) is 12.8 Å². The second kappa shape index (κ2) is 6.37. The summed E-state index contributed by atoms with van der Waals surface area (Å²) in [5, 5.41) is 11.2. The fourth-order valence-electron chi connectivity index (χ4n) is 1.32. The zero-order chi connectivity index (χ0) is 14.6. The fraction of sp³-hybridized carbons (Fsp3) is 0.455. The maximum absolute atomic E-state index is 11.8. The van der Waals surface area contributed by atoms with E-state index in [-0.39, 0.29) is 11.4 Å². The largest absolute Gasteiger partial charge is 0.458 e. The van der Waals surface area contributed by atoms with Crippen LogP contribution in [-0.4, -0.2) is 24.0 Å². The molecule has 1 aromatic carbocycles. The third kappa shape index (κ3) is 4.82. The van der Waals surface area contributed by atoms with Crippen molar-refractivity contribution in [1.29, 1.82) is 0 Å². The minimum atomic E-state index is -2.75. The molecule has 19 heavy (non-hydrogen) atoms. The Morgan fingerprint density at radius 3 is 2.68 bits per heavy atom. The molecule has 0 aliphatic carbocycles. The molecule has 106 valence electrons. The first kappa shape index (κ1) is 16.0. The Labute approximate surface area is 116 Å². The first-order chi connectivity index (χ1) is 8.75. The lowest BCUT2D eigenvalue weighted by Crippen LogP contribution is -2.16. The normalized spacial score (nSPS) is 15.6. The zero-order valence-corrected chi connectivity index (χ0v) is 12.5. The van der Waals surface area contributed by atoms with Crippen LogP contribution < -0.4 is 4.74 Å². The van der Waals surface area contributed by atoms with Crippen molar-refractivity contribution >= 4 is 24.7 Å². The third-order valence-electron chi connectivity index (χ3n) is 2.36. The van der Waals surface area contributed by atoms with E-state index in [0.29, 0.717) is 11.2 Å². The summed E-state index contributed by atoms with van der Waals surface area (Å²) in [5.41, 5.74) is -0.220. The highest BCUT2D eigenvalue weighted by Crippen LogP contribution is 2.43. The summed E-state index contributed by atoms with van der Waals surface area (Å²) >= 11 is 5.77. The molecule has 1 aromatic rings. The lowest BCUT2D eigenvalue weighted by atomic mass is 10.3. The van der Waals surface area contributed by atoms with E-state index < -0.39 is 18.6 Å². The van der Waals surface area contributed by atoms with Gasteiger partial charge in [0.2, 0.25) is 19.4 Å². The standard InChI is InChI=1S/C11H15ClNO5P/c1-4-19(3,16)18-8(2)17-11-7-9(12)5-6-10(11)13(14)15/h5-8H,4H2,1-3H3. The van der Waals surface area contributed by atoms with Gasteiger partial charge in [-0.15, -0.1) is 0 Å². The van der Waals surface area contributed by atoms with Crippen LogP contribution in [0.4, 0.5) is 5.69 Å². The molecule has 0 amide bonds. The molecule has 0 N–H and O–H groups in total. The van der Waals surface area contributed by atoms with Crippen molar-refractivity contribution in [3.63, 3.8) is 0 Å². The van der Waals surface area contributed by atoms with Crippen LogP contribution in [0.3, 0.4) is 0 Å². The number of nitro benzene ring substituents is 1. The third-order valence-corrected chi connectivity index (χ3v) is 4.48. The van der Waals surface area contributed by atoms with Gasteiger partial charge in [-0.25, -0.2) is 0 Å². The molecule has 0 saturated carbocycles. The molecule has 2 atom stereocenters. The van der Waals surface area contributed by atoms with E-state index >= 15 is 0 Å². The van der Waals surface area contributed by atoms with Gasteiger partial charge in [-0.3, -0.25) is 19.2 Å². The molecule has 1 rings (SSSR count). The zero-order valence-electron chi connectivity index (χ0n) is 10.8. The molecule has 0 aromatic heterocycles. The summed E-state index contributed by atoms with van der Waals surface area (Å²) in [4.78, 5) is 10.3. The van der Waals surface area contributed by atoms with E-state index in [1.165, 1.54) is 31.8 Å². The smallest absolute Gasteiger partial charge is 0.311 e. The second-order valence-electron chi connectivity index (χ2n) is 3.99. The van der Waals surface area contributed by atoms with E-state index in [1.54, 1.807) is 6.92 Å².